The van der Waals surface area contributed by atoms with Crippen LogP contribution in [0.25, 0.3) is 15.7 Å². The number of ether oxygens (including phenoxy) is 1. The Morgan fingerprint density at radius 3 is 2.89 bits per heavy atom. The fourth-order valence-electron chi connectivity index (χ4n) is 2.94. The van der Waals surface area contributed by atoms with E-state index in [4.69, 9.17) is 9.57 Å². The van der Waals surface area contributed by atoms with Crippen LogP contribution < -0.4 is 5.48 Å². The lowest BCUT2D eigenvalue weighted by Crippen LogP contribution is -2.09. The molecule has 0 atom stereocenters. The number of nitrogens with one attached hydrogen (secondary N) is 1. The minimum atomic E-state index is -0.991. The van der Waals surface area contributed by atoms with Crippen molar-refractivity contribution in [2.45, 2.75) is 19.8 Å². The van der Waals surface area contributed by atoms with E-state index in [9.17, 15) is 9.90 Å². The van der Waals surface area contributed by atoms with E-state index < -0.39 is 5.97 Å². The van der Waals surface area contributed by atoms with E-state index in [2.05, 4.69) is 11.6 Å². The molecule has 1 aromatic carbocycles. The zero-order valence-electron chi connectivity index (χ0n) is 15.2. The second kappa shape index (κ2) is 8.60. The predicted octanol–water partition coefficient (Wildman–Crippen LogP) is 4.78. The minimum Gasteiger partial charge on any atom is -0.503 e. The maximum Gasteiger partial charge on any atom is 0.340 e. The summed E-state index contributed by atoms with van der Waals surface area (Å²) >= 11 is 1.48. The van der Waals surface area contributed by atoms with Gasteiger partial charge in [-0.05, 0) is 54.5 Å². The molecule has 27 heavy (non-hydrogen) atoms. The molecule has 0 bridgehead atoms. The van der Waals surface area contributed by atoms with E-state index in [1.807, 2.05) is 43.3 Å². The number of hydrogen-bond acceptors (Lipinski definition) is 5. The van der Waals surface area contributed by atoms with E-state index >= 15 is 0 Å². The topological polar surface area (TPSA) is 67.8 Å². The molecule has 5 nitrogen and oxygen atoms in total. The van der Waals surface area contributed by atoms with Gasteiger partial charge in [0, 0.05) is 15.8 Å². The van der Waals surface area contributed by atoms with Crippen molar-refractivity contribution in [1.82, 2.24) is 5.48 Å². The SMILES string of the molecule is COC=C(C(=O)O)c1sc2ccccc2c1CCC=C(C)C1=CC=CNO1. The molecule has 0 radical (unpaired) electrons. The van der Waals surface area contributed by atoms with Gasteiger partial charge >= 0.3 is 5.97 Å². The summed E-state index contributed by atoms with van der Waals surface area (Å²) in [6, 6.07) is 7.99. The highest BCUT2D eigenvalue weighted by atomic mass is 32.1. The molecule has 0 amide bonds. The first-order valence-corrected chi connectivity index (χ1v) is 9.37. The summed E-state index contributed by atoms with van der Waals surface area (Å²) in [5.74, 6) is -0.214. The normalized spacial score (nSPS) is 14.5. The van der Waals surface area contributed by atoms with Crippen molar-refractivity contribution in [3.8, 4) is 0 Å². The van der Waals surface area contributed by atoms with Crippen molar-refractivity contribution in [2.24, 2.45) is 0 Å². The predicted molar refractivity (Wildman–Crippen MR) is 108 cm³/mol. The Bertz CT molecular complexity index is 966. The second-order valence-corrected chi connectivity index (χ2v) is 7.07. The third kappa shape index (κ3) is 4.23. The Morgan fingerprint density at radius 2 is 2.19 bits per heavy atom. The van der Waals surface area contributed by atoms with Gasteiger partial charge in [-0.3, -0.25) is 0 Å². The average Bonchev–Trinajstić information content (AvgIpc) is 3.04. The van der Waals surface area contributed by atoms with Crippen LogP contribution in [0.2, 0.25) is 0 Å². The van der Waals surface area contributed by atoms with Gasteiger partial charge in [0.1, 0.15) is 5.57 Å². The summed E-state index contributed by atoms with van der Waals surface area (Å²) in [4.78, 5) is 17.8. The molecular formula is C21H21NO4S. The molecule has 2 heterocycles. The van der Waals surface area contributed by atoms with Crippen molar-refractivity contribution >= 4 is 33.0 Å². The van der Waals surface area contributed by atoms with E-state index in [-0.39, 0.29) is 5.57 Å². The fraction of sp³-hybridized carbons (Fsp3) is 0.190. The van der Waals surface area contributed by atoms with E-state index in [1.165, 1.54) is 24.7 Å². The van der Waals surface area contributed by atoms with Crippen LogP contribution in [0, 0.1) is 0 Å². The molecule has 2 aromatic rings. The zero-order chi connectivity index (χ0) is 19.2. The van der Waals surface area contributed by atoms with E-state index in [0.29, 0.717) is 0 Å². The molecule has 3 rings (SSSR count). The largest absolute Gasteiger partial charge is 0.503 e. The summed E-state index contributed by atoms with van der Waals surface area (Å²) in [5, 5.41) is 10.7. The Morgan fingerprint density at radius 1 is 1.37 bits per heavy atom. The average molecular weight is 383 g/mol. The minimum absolute atomic E-state index is 0.182. The number of allylic oxidation sites excluding steroid dienone is 4. The van der Waals surface area contributed by atoms with E-state index in [1.54, 1.807) is 6.20 Å². The number of carboxylic acids is 1. The third-order valence-electron chi connectivity index (χ3n) is 4.22. The Hall–Kier alpha value is -2.99. The Balaban J connectivity index is 1.92. The fourth-order valence-corrected chi connectivity index (χ4v) is 4.18. The lowest BCUT2D eigenvalue weighted by Gasteiger charge is -2.12. The number of aryl methyl sites for hydroxylation is 1. The number of rotatable bonds is 7. The summed E-state index contributed by atoms with van der Waals surface area (Å²) in [6.07, 6.45) is 10.4. The number of fused-ring (bicyclic) bond motifs is 1. The van der Waals surface area contributed by atoms with Crippen LogP contribution >= 0.6 is 11.3 Å². The maximum absolute atomic E-state index is 11.7. The maximum atomic E-state index is 11.7. The highest BCUT2D eigenvalue weighted by molar-refractivity contribution is 7.20. The molecular weight excluding hydrogens is 362 g/mol. The van der Waals surface area contributed by atoms with Crippen molar-refractivity contribution < 1.29 is 19.5 Å². The molecule has 0 fully saturated rings. The highest BCUT2D eigenvalue weighted by Gasteiger charge is 2.20. The van der Waals surface area contributed by atoms with Gasteiger partial charge in [0.2, 0.25) is 0 Å². The number of hydrogen-bond donors (Lipinski definition) is 2. The van der Waals surface area contributed by atoms with E-state index in [0.717, 1.165) is 44.7 Å². The number of thiophene rings is 1. The molecule has 0 aliphatic carbocycles. The molecule has 0 spiro atoms. The molecule has 6 heteroatoms. The smallest absolute Gasteiger partial charge is 0.340 e. The monoisotopic (exact) mass is 383 g/mol. The Labute approximate surface area is 161 Å². The molecule has 1 aliphatic heterocycles. The standard InChI is InChI=1S/C21H21NO4S/c1-14(18-10-6-12-22-26-18)7-5-9-16-15-8-3-4-11-19(15)27-20(16)17(13-25-2)21(23)24/h3-4,6-8,10-13,22H,5,9H2,1-2H3,(H,23,24). The third-order valence-corrected chi connectivity index (χ3v) is 5.47. The van der Waals surface area contributed by atoms with Crippen LogP contribution in [-0.4, -0.2) is 18.2 Å². The van der Waals surface area contributed by atoms with Crippen molar-refractivity contribution in [3.63, 3.8) is 0 Å². The van der Waals surface area contributed by atoms with Gasteiger partial charge in [0.05, 0.1) is 13.4 Å². The molecule has 0 unspecified atom stereocenters. The second-order valence-electron chi connectivity index (χ2n) is 6.01. The van der Waals surface area contributed by atoms with Crippen LogP contribution in [0.15, 0.2) is 66.3 Å². The molecule has 0 saturated heterocycles. The summed E-state index contributed by atoms with van der Waals surface area (Å²) in [6.45, 7) is 1.99. The van der Waals surface area contributed by atoms with Gasteiger partial charge in [-0.15, -0.1) is 11.3 Å². The van der Waals surface area contributed by atoms with Crippen molar-refractivity contribution in [3.05, 3.63) is 76.7 Å². The van der Waals surface area contributed by atoms with Gasteiger partial charge in [-0.1, -0.05) is 24.3 Å². The molecule has 0 saturated carbocycles. The van der Waals surface area contributed by atoms with Gasteiger partial charge in [-0.2, -0.15) is 0 Å². The molecule has 2 N–H and O–H groups in total. The van der Waals surface area contributed by atoms with Gasteiger partial charge in [0.15, 0.2) is 5.76 Å². The summed E-state index contributed by atoms with van der Waals surface area (Å²) < 4.78 is 6.08. The van der Waals surface area contributed by atoms with Crippen LogP contribution in [0.5, 0.6) is 0 Å². The van der Waals surface area contributed by atoms with Crippen LogP contribution in [0.4, 0.5) is 0 Å². The number of benzene rings is 1. The highest BCUT2D eigenvalue weighted by Crippen LogP contribution is 2.37. The van der Waals surface area contributed by atoms with Gasteiger partial charge in [-0.25, -0.2) is 10.3 Å². The lowest BCUT2D eigenvalue weighted by atomic mass is 10.0. The number of methoxy groups -OCH3 is 1. The number of aliphatic carboxylic acids is 1. The van der Waals surface area contributed by atoms with Crippen LogP contribution in [0.3, 0.4) is 0 Å². The zero-order valence-corrected chi connectivity index (χ0v) is 16.0. The molecule has 140 valence electrons. The first kappa shape index (κ1) is 18.8. The molecule has 1 aliphatic rings. The van der Waals surface area contributed by atoms with Gasteiger partial charge < -0.3 is 14.7 Å². The lowest BCUT2D eigenvalue weighted by molar-refractivity contribution is -0.130. The first-order valence-electron chi connectivity index (χ1n) is 8.55. The molecule has 1 aromatic heterocycles. The number of hydroxylamine groups is 1. The van der Waals surface area contributed by atoms with Crippen LogP contribution in [-0.2, 0) is 20.8 Å². The van der Waals surface area contributed by atoms with Crippen molar-refractivity contribution in [2.75, 3.05) is 7.11 Å². The number of carbonyl (C=O) groups is 1. The summed E-state index contributed by atoms with van der Waals surface area (Å²) in [7, 11) is 1.46. The Kier molecular flexibility index (Phi) is 5.98. The van der Waals surface area contributed by atoms with Gasteiger partial charge in [0.25, 0.3) is 0 Å². The van der Waals surface area contributed by atoms with Crippen LogP contribution in [0.1, 0.15) is 23.8 Å². The van der Waals surface area contributed by atoms with Crippen molar-refractivity contribution in [1.29, 1.82) is 0 Å². The number of carboxylic acid groups (broad SMARTS) is 1. The quantitative estimate of drug-likeness (QED) is 0.532. The first-order chi connectivity index (χ1) is 13.1. The summed E-state index contributed by atoms with van der Waals surface area (Å²) in [5.41, 5.74) is 4.96.